The van der Waals surface area contributed by atoms with Crippen molar-refractivity contribution in [2.75, 3.05) is 45.3 Å². The minimum atomic E-state index is -0.492. The summed E-state index contributed by atoms with van der Waals surface area (Å²) >= 11 is 0. The molecule has 0 saturated carbocycles. The van der Waals surface area contributed by atoms with E-state index < -0.39 is 12.0 Å². The van der Waals surface area contributed by atoms with Gasteiger partial charge in [0.05, 0.1) is 26.2 Å². The summed E-state index contributed by atoms with van der Waals surface area (Å²) in [5.74, 6) is 0.835. The van der Waals surface area contributed by atoms with Crippen LogP contribution >= 0.6 is 0 Å². The van der Waals surface area contributed by atoms with Crippen LogP contribution in [0.2, 0.25) is 0 Å². The van der Waals surface area contributed by atoms with E-state index in [0.29, 0.717) is 43.1 Å². The molecule has 0 unspecified atom stereocenters. The van der Waals surface area contributed by atoms with Crippen molar-refractivity contribution < 1.29 is 19.1 Å². The molecule has 0 bridgehead atoms. The van der Waals surface area contributed by atoms with Crippen molar-refractivity contribution in [3.8, 4) is 11.5 Å². The van der Waals surface area contributed by atoms with Gasteiger partial charge >= 0.3 is 0 Å². The second-order valence-corrected chi connectivity index (χ2v) is 10.8. The summed E-state index contributed by atoms with van der Waals surface area (Å²) in [6, 6.07) is 19.9. The van der Waals surface area contributed by atoms with Gasteiger partial charge in [-0.05, 0) is 72.9 Å². The molecule has 0 radical (unpaired) electrons. The molecule has 202 valence electrons. The third kappa shape index (κ3) is 4.20. The zero-order chi connectivity index (χ0) is 27.3. The maximum Gasteiger partial charge on any atom is 0.254 e. The number of ether oxygens (including phenoxy) is 2. The first kappa shape index (κ1) is 25.3. The molecule has 1 fully saturated rings. The van der Waals surface area contributed by atoms with Crippen LogP contribution in [-0.2, 0) is 11.2 Å². The van der Waals surface area contributed by atoms with Crippen LogP contribution in [-0.4, -0.2) is 68.1 Å². The van der Waals surface area contributed by atoms with E-state index >= 15 is 0 Å². The number of amides is 2. The van der Waals surface area contributed by atoms with Crippen LogP contribution in [0.3, 0.4) is 0 Å². The molecule has 0 aliphatic carbocycles. The van der Waals surface area contributed by atoms with Crippen molar-refractivity contribution in [2.24, 2.45) is 0 Å². The predicted octanol–water partition coefficient (Wildman–Crippen LogP) is 4.59. The lowest BCUT2D eigenvalue weighted by Gasteiger charge is -2.48. The molecule has 2 amide bonds. The van der Waals surface area contributed by atoms with Gasteiger partial charge in [-0.2, -0.15) is 0 Å². The minimum Gasteiger partial charge on any atom is -0.493 e. The molecule has 0 N–H and O–H groups in total. The largest absolute Gasteiger partial charge is 0.493 e. The Morgan fingerprint density at radius 3 is 2.38 bits per heavy atom. The fraction of sp³-hybridized carbons (Fsp3) is 0.375. The Kier molecular flexibility index (Phi) is 6.45. The number of fused-ring (bicyclic) bond motifs is 4. The highest BCUT2D eigenvalue weighted by molar-refractivity contribution is 6.01. The van der Waals surface area contributed by atoms with E-state index in [2.05, 4.69) is 43.0 Å². The third-order valence-electron chi connectivity index (χ3n) is 8.56. The Morgan fingerprint density at radius 1 is 0.872 bits per heavy atom. The van der Waals surface area contributed by atoms with Crippen LogP contribution in [0.5, 0.6) is 11.5 Å². The van der Waals surface area contributed by atoms with Gasteiger partial charge in [0, 0.05) is 43.5 Å². The number of rotatable bonds is 4. The second-order valence-electron chi connectivity index (χ2n) is 10.8. The van der Waals surface area contributed by atoms with Crippen LogP contribution < -0.4 is 14.4 Å². The maximum absolute atomic E-state index is 14.5. The number of anilines is 1. The maximum atomic E-state index is 14.5. The summed E-state index contributed by atoms with van der Waals surface area (Å²) < 4.78 is 11.2. The van der Waals surface area contributed by atoms with E-state index in [-0.39, 0.29) is 17.9 Å². The fourth-order valence-electron chi connectivity index (χ4n) is 6.66. The number of nitrogens with zero attached hydrogens (tertiary/aromatic N) is 3. The van der Waals surface area contributed by atoms with E-state index in [9.17, 15) is 9.59 Å². The number of piperazine rings is 1. The summed E-state index contributed by atoms with van der Waals surface area (Å²) in [6.07, 6.45) is 0.702. The lowest BCUT2D eigenvalue weighted by Crippen LogP contribution is -2.57. The molecule has 3 atom stereocenters. The zero-order valence-electron chi connectivity index (χ0n) is 23.0. The summed E-state index contributed by atoms with van der Waals surface area (Å²) in [5, 5.41) is 0. The van der Waals surface area contributed by atoms with Crippen molar-refractivity contribution in [2.45, 2.75) is 38.3 Å². The topological polar surface area (TPSA) is 62.3 Å². The summed E-state index contributed by atoms with van der Waals surface area (Å²) in [6.45, 7) is 6.87. The van der Waals surface area contributed by atoms with Gasteiger partial charge in [0.15, 0.2) is 11.5 Å². The fourth-order valence-corrected chi connectivity index (χ4v) is 6.66. The second kappa shape index (κ2) is 9.95. The number of benzene rings is 3. The van der Waals surface area contributed by atoms with Crippen molar-refractivity contribution in [3.63, 3.8) is 0 Å². The van der Waals surface area contributed by atoms with Crippen molar-refractivity contribution >= 4 is 17.5 Å². The summed E-state index contributed by atoms with van der Waals surface area (Å²) in [7, 11) is 3.24. The minimum absolute atomic E-state index is 0.0160. The lowest BCUT2D eigenvalue weighted by molar-refractivity contribution is -0.135. The zero-order valence-corrected chi connectivity index (χ0v) is 23.0. The number of carbonyl (C=O) groups excluding carboxylic acids is 2. The predicted molar refractivity (Wildman–Crippen MR) is 151 cm³/mol. The van der Waals surface area contributed by atoms with Crippen LogP contribution in [0.1, 0.15) is 51.5 Å². The molecular weight excluding hydrogens is 490 g/mol. The quantitative estimate of drug-likeness (QED) is 0.499. The molecule has 3 heterocycles. The van der Waals surface area contributed by atoms with E-state index in [4.69, 9.17) is 9.47 Å². The van der Waals surface area contributed by atoms with Crippen molar-refractivity contribution in [1.82, 2.24) is 9.80 Å². The smallest absolute Gasteiger partial charge is 0.254 e. The Labute approximate surface area is 229 Å². The van der Waals surface area contributed by atoms with Crippen LogP contribution in [0.15, 0.2) is 60.7 Å². The molecule has 0 spiro atoms. The first-order chi connectivity index (χ1) is 18.9. The number of methoxy groups -OCH3 is 2. The average molecular weight is 526 g/mol. The molecule has 3 aliphatic heterocycles. The lowest BCUT2D eigenvalue weighted by atomic mass is 9.75. The molecule has 6 rings (SSSR count). The third-order valence-corrected chi connectivity index (χ3v) is 8.56. The molecular formula is C32H35N3O4. The van der Waals surface area contributed by atoms with Gasteiger partial charge in [0.1, 0.15) is 0 Å². The van der Waals surface area contributed by atoms with Crippen molar-refractivity contribution in [1.29, 1.82) is 0 Å². The highest BCUT2D eigenvalue weighted by Gasteiger charge is 2.48. The van der Waals surface area contributed by atoms with Crippen LogP contribution in [0.25, 0.3) is 0 Å². The molecule has 1 saturated heterocycles. The monoisotopic (exact) mass is 525 g/mol. The number of hydrogen-bond acceptors (Lipinski definition) is 5. The molecule has 0 aromatic heterocycles. The number of carbonyl (C=O) groups is 2. The molecule has 3 aliphatic rings. The van der Waals surface area contributed by atoms with Gasteiger partial charge in [-0.25, -0.2) is 0 Å². The summed E-state index contributed by atoms with van der Waals surface area (Å²) in [5.41, 5.74) is 5.91. The van der Waals surface area contributed by atoms with E-state index in [1.165, 1.54) is 11.3 Å². The molecule has 3 aromatic carbocycles. The van der Waals surface area contributed by atoms with Gasteiger partial charge in [0.2, 0.25) is 5.91 Å². The average Bonchev–Trinajstić information content (AvgIpc) is 2.96. The van der Waals surface area contributed by atoms with Gasteiger partial charge < -0.3 is 24.2 Å². The van der Waals surface area contributed by atoms with Gasteiger partial charge in [-0.3, -0.25) is 9.59 Å². The Morgan fingerprint density at radius 2 is 1.64 bits per heavy atom. The van der Waals surface area contributed by atoms with Gasteiger partial charge in [-0.1, -0.05) is 30.3 Å². The van der Waals surface area contributed by atoms with E-state index in [1.54, 1.807) is 14.2 Å². The first-order valence-corrected chi connectivity index (χ1v) is 13.7. The van der Waals surface area contributed by atoms with Gasteiger partial charge in [0.25, 0.3) is 5.91 Å². The van der Waals surface area contributed by atoms with Gasteiger partial charge in [-0.15, -0.1) is 0 Å². The first-order valence-electron chi connectivity index (χ1n) is 13.7. The Bertz CT molecular complexity index is 1440. The SMILES string of the molecule is COc1cc2c(cc1OC)[C@@H]1[C@H](C(=O)N3CCN(c4cccc(C)c4)[C@H](C)C3)c3ccccc3C(=O)N1CC2. The normalized spacial score (nSPS) is 22.1. The molecule has 7 nitrogen and oxygen atoms in total. The molecule has 3 aromatic rings. The summed E-state index contributed by atoms with van der Waals surface area (Å²) in [4.78, 5) is 34.5. The van der Waals surface area contributed by atoms with E-state index in [0.717, 1.165) is 23.2 Å². The molecule has 7 heteroatoms. The Balaban J connectivity index is 1.38. The highest BCUT2D eigenvalue weighted by atomic mass is 16.5. The van der Waals surface area contributed by atoms with Crippen molar-refractivity contribution in [3.05, 3.63) is 88.5 Å². The number of hydrogen-bond donors (Lipinski definition) is 0. The standard InChI is InChI=1S/C32H35N3O4/c1-20-8-7-9-23(16-20)34-15-14-33(19-21(34)2)32(37)29-24-10-5-6-11-25(24)31(36)35-13-12-22-17-27(38-3)28(39-4)18-26(22)30(29)35/h5-11,16-18,21,29-30H,12-15,19H2,1-4H3/t21-,29-,30-/m1/s1. The molecule has 39 heavy (non-hydrogen) atoms. The van der Waals surface area contributed by atoms with Crippen LogP contribution in [0, 0.1) is 6.92 Å². The Hall–Kier alpha value is -4.00. The van der Waals surface area contributed by atoms with E-state index in [1.807, 2.05) is 46.2 Å². The number of aryl methyl sites for hydroxylation is 1. The van der Waals surface area contributed by atoms with Crippen LogP contribution in [0.4, 0.5) is 5.69 Å². The highest BCUT2D eigenvalue weighted by Crippen LogP contribution is 2.49.